The summed E-state index contributed by atoms with van der Waals surface area (Å²) in [4.78, 5) is 13.7. The van der Waals surface area contributed by atoms with Crippen LogP contribution in [-0.4, -0.2) is 29.2 Å². The molecule has 0 bridgehead atoms. The van der Waals surface area contributed by atoms with Gasteiger partial charge in [0.25, 0.3) is 0 Å². The molecule has 152 valence electrons. The number of methoxy groups -OCH3 is 2. The first-order valence-electron chi connectivity index (χ1n) is 9.60. The minimum atomic E-state index is 0.613. The zero-order valence-corrected chi connectivity index (χ0v) is 17.7. The van der Waals surface area contributed by atoms with Gasteiger partial charge in [0.15, 0.2) is 17.2 Å². The molecule has 0 aliphatic carbocycles. The van der Waals surface area contributed by atoms with Crippen molar-refractivity contribution in [3.05, 3.63) is 65.6 Å². The number of benzene rings is 1. The second-order valence-electron chi connectivity index (χ2n) is 7.09. The van der Waals surface area contributed by atoms with Crippen LogP contribution in [0.2, 0.25) is 0 Å². The second-order valence-corrected chi connectivity index (χ2v) is 7.09. The fourth-order valence-electron chi connectivity index (χ4n) is 3.26. The van der Waals surface area contributed by atoms with E-state index in [4.69, 9.17) is 19.2 Å². The van der Waals surface area contributed by atoms with Gasteiger partial charge in [-0.3, -0.25) is 9.97 Å². The number of hydrogen-bond acceptors (Lipinski definition) is 6. The molecular weight excluding hydrogens is 378 g/mol. The summed E-state index contributed by atoms with van der Waals surface area (Å²) in [6.45, 7) is 6.03. The summed E-state index contributed by atoms with van der Waals surface area (Å²) in [5.74, 6) is 2.52. The Labute approximate surface area is 175 Å². The SMILES string of the molecule is COc1cc2nccc(Oc3cc(C)c(C)nc3-c3cc(C)ccn3)c2cc1OC. The lowest BCUT2D eigenvalue weighted by molar-refractivity contribution is 0.355. The Bertz CT molecular complexity index is 1240. The molecule has 0 saturated heterocycles. The monoisotopic (exact) mass is 401 g/mol. The maximum absolute atomic E-state index is 6.39. The number of rotatable bonds is 5. The van der Waals surface area contributed by atoms with E-state index in [1.54, 1.807) is 26.6 Å². The standard InChI is InChI=1S/C24H23N3O3/c1-14-6-8-26-19(10-14)24-23(11-15(2)16(3)27-24)30-20-7-9-25-18-13-22(29-5)21(28-4)12-17(18)20/h6-13H,1-5H3. The first-order valence-corrected chi connectivity index (χ1v) is 9.60. The Balaban J connectivity index is 1.87. The highest BCUT2D eigenvalue weighted by atomic mass is 16.5. The van der Waals surface area contributed by atoms with Crippen LogP contribution in [0.15, 0.2) is 48.8 Å². The van der Waals surface area contributed by atoms with Gasteiger partial charge >= 0.3 is 0 Å². The van der Waals surface area contributed by atoms with Gasteiger partial charge in [0.1, 0.15) is 11.4 Å². The molecule has 6 nitrogen and oxygen atoms in total. The van der Waals surface area contributed by atoms with Crippen LogP contribution in [0.1, 0.15) is 16.8 Å². The number of ether oxygens (including phenoxy) is 3. The van der Waals surface area contributed by atoms with Crippen LogP contribution in [0.5, 0.6) is 23.0 Å². The Morgan fingerprint density at radius 1 is 0.733 bits per heavy atom. The Morgan fingerprint density at radius 2 is 1.47 bits per heavy atom. The predicted molar refractivity (Wildman–Crippen MR) is 117 cm³/mol. The molecule has 0 atom stereocenters. The van der Waals surface area contributed by atoms with Gasteiger partial charge in [-0.05, 0) is 62.2 Å². The summed E-state index contributed by atoms with van der Waals surface area (Å²) in [6, 6.07) is 11.5. The fourth-order valence-corrected chi connectivity index (χ4v) is 3.26. The molecule has 30 heavy (non-hydrogen) atoms. The summed E-state index contributed by atoms with van der Waals surface area (Å²) in [5.41, 5.74) is 5.30. The molecule has 0 fully saturated rings. The van der Waals surface area contributed by atoms with Crippen molar-refractivity contribution in [1.82, 2.24) is 15.0 Å². The van der Waals surface area contributed by atoms with E-state index in [2.05, 4.69) is 9.97 Å². The first kappa shape index (κ1) is 19.6. The van der Waals surface area contributed by atoms with E-state index >= 15 is 0 Å². The number of hydrogen-bond donors (Lipinski definition) is 0. The van der Waals surface area contributed by atoms with Crippen LogP contribution < -0.4 is 14.2 Å². The van der Waals surface area contributed by atoms with E-state index in [1.807, 2.05) is 57.2 Å². The van der Waals surface area contributed by atoms with Gasteiger partial charge in [0, 0.05) is 29.5 Å². The van der Waals surface area contributed by atoms with Crippen LogP contribution in [0.25, 0.3) is 22.3 Å². The maximum atomic E-state index is 6.39. The largest absolute Gasteiger partial charge is 0.493 e. The van der Waals surface area contributed by atoms with Gasteiger partial charge < -0.3 is 14.2 Å². The van der Waals surface area contributed by atoms with Gasteiger partial charge in [-0.1, -0.05) is 0 Å². The minimum absolute atomic E-state index is 0.613. The third-order valence-corrected chi connectivity index (χ3v) is 5.02. The quantitative estimate of drug-likeness (QED) is 0.444. The lowest BCUT2D eigenvalue weighted by atomic mass is 10.1. The topological polar surface area (TPSA) is 66.4 Å². The fraction of sp³-hybridized carbons (Fsp3) is 0.208. The lowest BCUT2D eigenvalue weighted by Crippen LogP contribution is -1.99. The second kappa shape index (κ2) is 7.99. The highest BCUT2D eigenvalue weighted by Gasteiger charge is 2.16. The minimum Gasteiger partial charge on any atom is -0.493 e. The van der Waals surface area contributed by atoms with E-state index in [0.717, 1.165) is 33.4 Å². The van der Waals surface area contributed by atoms with Crippen LogP contribution >= 0.6 is 0 Å². The third kappa shape index (κ3) is 3.64. The van der Waals surface area contributed by atoms with Crippen molar-refractivity contribution >= 4 is 10.9 Å². The van der Waals surface area contributed by atoms with Crippen molar-refractivity contribution in [2.45, 2.75) is 20.8 Å². The molecule has 3 aromatic heterocycles. The first-order chi connectivity index (χ1) is 14.5. The lowest BCUT2D eigenvalue weighted by Gasteiger charge is -2.15. The number of aryl methyl sites for hydroxylation is 3. The van der Waals surface area contributed by atoms with E-state index in [-0.39, 0.29) is 0 Å². The summed E-state index contributed by atoms with van der Waals surface area (Å²) >= 11 is 0. The van der Waals surface area contributed by atoms with E-state index in [9.17, 15) is 0 Å². The van der Waals surface area contributed by atoms with Gasteiger partial charge in [0.05, 0.1) is 25.4 Å². The number of fused-ring (bicyclic) bond motifs is 1. The summed E-state index contributed by atoms with van der Waals surface area (Å²) in [6.07, 6.45) is 3.49. The Hall–Kier alpha value is -3.67. The normalized spacial score (nSPS) is 10.8. The van der Waals surface area contributed by atoms with E-state index in [0.29, 0.717) is 28.7 Å². The number of pyridine rings is 3. The van der Waals surface area contributed by atoms with Crippen molar-refractivity contribution in [3.63, 3.8) is 0 Å². The molecule has 0 amide bonds. The third-order valence-electron chi connectivity index (χ3n) is 5.02. The van der Waals surface area contributed by atoms with Crippen LogP contribution in [0, 0.1) is 20.8 Å². The van der Waals surface area contributed by atoms with Gasteiger partial charge in [0.2, 0.25) is 0 Å². The van der Waals surface area contributed by atoms with Gasteiger partial charge in [-0.2, -0.15) is 0 Å². The zero-order valence-electron chi connectivity index (χ0n) is 17.7. The van der Waals surface area contributed by atoms with E-state index in [1.165, 1.54) is 0 Å². The highest BCUT2D eigenvalue weighted by molar-refractivity contribution is 5.88. The van der Waals surface area contributed by atoms with Crippen LogP contribution in [0.3, 0.4) is 0 Å². The molecule has 0 saturated carbocycles. The molecule has 0 radical (unpaired) electrons. The molecule has 0 aliphatic heterocycles. The Kier molecular flexibility index (Phi) is 5.23. The zero-order chi connectivity index (χ0) is 21.3. The highest BCUT2D eigenvalue weighted by Crippen LogP contribution is 2.39. The van der Waals surface area contributed by atoms with Crippen molar-refractivity contribution in [2.75, 3.05) is 14.2 Å². The molecule has 3 heterocycles. The Morgan fingerprint density at radius 3 is 2.20 bits per heavy atom. The van der Waals surface area contributed by atoms with E-state index < -0.39 is 0 Å². The van der Waals surface area contributed by atoms with Crippen molar-refractivity contribution in [2.24, 2.45) is 0 Å². The molecule has 1 aromatic carbocycles. The molecule has 0 aliphatic rings. The maximum Gasteiger partial charge on any atom is 0.162 e. The van der Waals surface area contributed by atoms with Gasteiger partial charge in [-0.25, -0.2) is 4.98 Å². The summed E-state index contributed by atoms with van der Waals surface area (Å²) in [7, 11) is 3.21. The predicted octanol–water partition coefficient (Wildman–Crippen LogP) is 5.43. The van der Waals surface area contributed by atoms with Crippen molar-refractivity contribution in [1.29, 1.82) is 0 Å². The van der Waals surface area contributed by atoms with Crippen LogP contribution in [-0.2, 0) is 0 Å². The molecule has 6 heteroatoms. The van der Waals surface area contributed by atoms with Crippen molar-refractivity contribution in [3.8, 4) is 34.4 Å². The number of aromatic nitrogens is 3. The molecule has 0 unspecified atom stereocenters. The smallest absolute Gasteiger partial charge is 0.162 e. The van der Waals surface area contributed by atoms with Crippen molar-refractivity contribution < 1.29 is 14.2 Å². The molecular formula is C24H23N3O3. The van der Waals surface area contributed by atoms with Gasteiger partial charge in [-0.15, -0.1) is 0 Å². The summed E-state index contributed by atoms with van der Waals surface area (Å²) in [5, 5.41) is 0.816. The number of nitrogens with zero attached hydrogens (tertiary/aromatic N) is 3. The molecule has 4 aromatic rings. The average Bonchev–Trinajstić information content (AvgIpc) is 2.75. The molecule has 0 spiro atoms. The van der Waals surface area contributed by atoms with Crippen LogP contribution in [0.4, 0.5) is 0 Å². The summed E-state index contributed by atoms with van der Waals surface area (Å²) < 4.78 is 17.2. The molecule has 0 N–H and O–H groups in total. The molecule has 4 rings (SSSR count). The average molecular weight is 401 g/mol.